The monoisotopic (exact) mass is 422 g/mol. The number of hydrogen-bond donors (Lipinski definition) is 1. The number of benzene rings is 2. The van der Waals surface area contributed by atoms with Gasteiger partial charge in [0.1, 0.15) is 5.75 Å². The molecule has 0 aromatic heterocycles. The second-order valence-corrected chi connectivity index (χ2v) is 8.80. The Hall–Kier alpha value is -2.03. The molecule has 0 aliphatic rings. The Bertz CT molecular complexity index is 908. The quantitative estimate of drug-likeness (QED) is 0.627. The lowest BCUT2D eigenvalue weighted by molar-refractivity contribution is 0.0947. The van der Waals surface area contributed by atoms with Crippen LogP contribution in [0.5, 0.6) is 5.75 Å². The first kappa shape index (κ1) is 22.3. The molecule has 1 amide bonds. The summed E-state index contributed by atoms with van der Waals surface area (Å²) >= 11 is 1.57. The van der Waals surface area contributed by atoms with Crippen molar-refractivity contribution in [3.63, 3.8) is 0 Å². The van der Waals surface area contributed by atoms with E-state index in [0.29, 0.717) is 24.4 Å². The highest BCUT2D eigenvalue weighted by molar-refractivity contribution is 7.98. The molecule has 0 atom stereocenters. The van der Waals surface area contributed by atoms with E-state index in [2.05, 4.69) is 5.32 Å². The average Bonchev–Trinajstić information content (AvgIpc) is 2.72. The number of nitrogens with one attached hydrogen (secondary N) is 1. The first-order chi connectivity index (χ1) is 13.4. The fourth-order valence-electron chi connectivity index (χ4n) is 2.76. The maximum absolute atomic E-state index is 12.5. The van der Waals surface area contributed by atoms with Crippen LogP contribution in [0, 0.1) is 0 Å². The predicted octanol–water partition coefficient (Wildman–Crippen LogP) is 3.38. The van der Waals surface area contributed by atoms with Crippen molar-refractivity contribution >= 4 is 27.7 Å². The largest absolute Gasteiger partial charge is 0.496 e. The average molecular weight is 423 g/mol. The van der Waals surface area contributed by atoms with Crippen molar-refractivity contribution in [2.24, 2.45) is 0 Å². The molecule has 0 aliphatic carbocycles. The summed E-state index contributed by atoms with van der Waals surface area (Å²) in [6.45, 7) is 4.76. The molecular weight excluding hydrogens is 396 g/mol. The highest BCUT2D eigenvalue weighted by Gasteiger charge is 2.21. The van der Waals surface area contributed by atoms with Gasteiger partial charge in [-0.15, -0.1) is 11.8 Å². The lowest BCUT2D eigenvalue weighted by Crippen LogP contribution is -2.30. The standard InChI is InChI=1S/C20H26N2O4S2/c1-5-22(6-2)28(24,25)17-10-7-15(8-11-17)14-21-20(23)18-12-9-16(27-4)13-19(18)26-3/h7-13H,5-6,14H2,1-4H3,(H,21,23). The Morgan fingerprint density at radius 3 is 2.29 bits per heavy atom. The Morgan fingerprint density at radius 2 is 1.75 bits per heavy atom. The lowest BCUT2D eigenvalue weighted by Gasteiger charge is -2.18. The second kappa shape index (κ2) is 9.95. The third-order valence-electron chi connectivity index (χ3n) is 4.37. The third kappa shape index (κ3) is 5.06. The van der Waals surface area contributed by atoms with Crippen molar-refractivity contribution in [1.82, 2.24) is 9.62 Å². The molecule has 0 unspecified atom stereocenters. The molecule has 0 radical (unpaired) electrons. The van der Waals surface area contributed by atoms with E-state index in [1.807, 2.05) is 32.2 Å². The maximum atomic E-state index is 12.5. The first-order valence-electron chi connectivity index (χ1n) is 8.96. The normalized spacial score (nSPS) is 11.5. The Labute approximate surface area is 171 Å². The van der Waals surface area contributed by atoms with Gasteiger partial charge in [0, 0.05) is 24.5 Å². The topological polar surface area (TPSA) is 75.7 Å². The highest BCUT2D eigenvalue weighted by Crippen LogP contribution is 2.25. The fourth-order valence-corrected chi connectivity index (χ4v) is 4.64. The van der Waals surface area contributed by atoms with Gasteiger partial charge in [-0.2, -0.15) is 4.31 Å². The van der Waals surface area contributed by atoms with E-state index in [1.165, 1.54) is 11.4 Å². The number of thioether (sulfide) groups is 1. The number of sulfonamides is 1. The van der Waals surface area contributed by atoms with Gasteiger partial charge in [0.15, 0.2) is 0 Å². The van der Waals surface area contributed by atoms with Crippen LogP contribution in [-0.2, 0) is 16.6 Å². The molecule has 0 spiro atoms. The number of rotatable bonds is 9. The molecule has 1 N–H and O–H groups in total. The molecule has 2 aromatic carbocycles. The van der Waals surface area contributed by atoms with Gasteiger partial charge in [0.2, 0.25) is 10.0 Å². The van der Waals surface area contributed by atoms with Crippen LogP contribution in [0.4, 0.5) is 0 Å². The predicted molar refractivity (Wildman–Crippen MR) is 112 cm³/mol. The van der Waals surface area contributed by atoms with Crippen molar-refractivity contribution in [2.45, 2.75) is 30.2 Å². The number of hydrogen-bond acceptors (Lipinski definition) is 5. The van der Waals surface area contributed by atoms with E-state index in [0.717, 1.165) is 10.5 Å². The summed E-state index contributed by atoms with van der Waals surface area (Å²) in [6.07, 6.45) is 1.96. The van der Waals surface area contributed by atoms with Gasteiger partial charge < -0.3 is 10.1 Å². The summed E-state index contributed by atoms with van der Waals surface area (Å²) in [4.78, 5) is 13.8. The number of methoxy groups -OCH3 is 1. The fraction of sp³-hybridized carbons (Fsp3) is 0.350. The van der Waals surface area contributed by atoms with Gasteiger partial charge in [-0.3, -0.25) is 4.79 Å². The van der Waals surface area contributed by atoms with Crippen LogP contribution in [0.3, 0.4) is 0 Å². The number of nitrogens with zero attached hydrogens (tertiary/aromatic N) is 1. The van der Waals surface area contributed by atoms with Gasteiger partial charge >= 0.3 is 0 Å². The van der Waals surface area contributed by atoms with Crippen molar-refractivity contribution in [3.05, 3.63) is 53.6 Å². The van der Waals surface area contributed by atoms with E-state index in [1.54, 1.807) is 42.1 Å². The van der Waals surface area contributed by atoms with Gasteiger partial charge in [-0.05, 0) is 42.2 Å². The van der Waals surface area contributed by atoms with Crippen LogP contribution in [-0.4, -0.2) is 45.1 Å². The zero-order valence-electron chi connectivity index (χ0n) is 16.6. The molecule has 2 rings (SSSR count). The molecule has 6 nitrogen and oxygen atoms in total. The minimum Gasteiger partial charge on any atom is -0.496 e. The van der Waals surface area contributed by atoms with Gasteiger partial charge in [0.05, 0.1) is 17.6 Å². The molecule has 0 saturated heterocycles. The van der Waals surface area contributed by atoms with Crippen LogP contribution in [0.25, 0.3) is 0 Å². The van der Waals surface area contributed by atoms with E-state index < -0.39 is 10.0 Å². The summed E-state index contributed by atoms with van der Waals surface area (Å²) in [5.74, 6) is 0.273. The maximum Gasteiger partial charge on any atom is 0.255 e. The molecule has 0 heterocycles. The molecule has 28 heavy (non-hydrogen) atoms. The van der Waals surface area contributed by atoms with Gasteiger partial charge in [0.25, 0.3) is 5.91 Å². The molecule has 152 valence electrons. The van der Waals surface area contributed by atoms with Crippen LogP contribution in [0.15, 0.2) is 52.3 Å². The Kier molecular flexibility index (Phi) is 7.91. The summed E-state index contributed by atoms with van der Waals surface area (Å²) in [5, 5.41) is 2.85. The van der Waals surface area contributed by atoms with Crippen LogP contribution in [0.1, 0.15) is 29.8 Å². The number of amides is 1. The SMILES string of the molecule is CCN(CC)S(=O)(=O)c1ccc(CNC(=O)c2ccc(SC)cc2OC)cc1. The zero-order chi connectivity index (χ0) is 20.7. The summed E-state index contributed by atoms with van der Waals surface area (Å²) in [5.41, 5.74) is 1.27. The van der Waals surface area contributed by atoms with Gasteiger partial charge in [-0.25, -0.2) is 8.42 Å². The molecular formula is C20H26N2O4S2. The molecule has 8 heteroatoms. The minimum absolute atomic E-state index is 0.246. The highest BCUT2D eigenvalue weighted by atomic mass is 32.2. The minimum atomic E-state index is -3.48. The Morgan fingerprint density at radius 1 is 1.11 bits per heavy atom. The van der Waals surface area contributed by atoms with E-state index in [9.17, 15) is 13.2 Å². The van der Waals surface area contributed by atoms with Crippen molar-refractivity contribution in [2.75, 3.05) is 26.5 Å². The van der Waals surface area contributed by atoms with Crippen LogP contribution >= 0.6 is 11.8 Å². The number of carbonyl (C=O) groups is 1. The third-order valence-corrected chi connectivity index (χ3v) is 7.16. The van der Waals surface area contributed by atoms with Crippen LogP contribution < -0.4 is 10.1 Å². The molecule has 0 aliphatic heterocycles. The smallest absolute Gasteiger partial charge is 0.255 e. The van der Waals surface area contributed by atoms with E-state index in [4.69, 9.17) is 4.74 Å². The number of ether oxygens (including phenoxy) is 1. The Balaban J connectivity index is 2.09. The second-order valence-electron chi connectivity index (χ2n) is 5.98. The van der Waals surface area contributed by atoms with Crippen molar-refractivity contribution in [3.8, 4) is 5.75 Å². The summed E-state index contributed by atoms with van der Waals surface area (Å²) in [7, 11) is -1.95. The van der Waals surface area contributed by atoms with E-state index in [-0.39, 0.29) is 17.3 Å². The van der Waals surface area contributed by atoms with Crippen LogP contribution in [0.2, 0.25) is 0 Å². The first-order valence-corrected chi connectivity index (χ1v) is 11.6. The van der Waals surface area contributed by atoms with Crippen molar-refractivity contribution < 1.29 is 17.9 Å². The molecule has 0 fully saturated rings. The zero-order valence-corrected chi connectivity index (χ0v) is 18.2. The molecule has 2 aromatic rings. The number of carbonyl (C=O) groups excluding carboxylic acids is 1. The van der Waals surface area contributed by atoms with E-state index >= 15 is 0 Å². The van der Waals surface area contributed by atoms with Crippen molar-refractivity contribution in [1.29, 1.82) is 0 Å². The molecule has 0 saturated carbocycles. The van der Waals surface area contributed by atoms with Gasteiger partial charge in [-0.1, -0.05) is 26.0 Å². The molecule has 0 bridgehead atoms. The summed E-state index contributed by atoms with van der Waals surface area (Å²) < 4.78 is 31.8. The summed E-state index contributed by atoms with van der Waals surface area (Å²) in [6, 6.07) is 12.0. The lowest BCUT2D eigenvalue weighted by atomic mass is 10.1.